The van der Waals surface area contributed by atoms with Crippen LogP contribution in [0.15, 0.2) is 47.2 Å². The molecule has 1 heterocycles. The van der Waals surface area contributed by atoms with Crippen molar-refractivity contribution in [3.63, 3.8) is 0 Å². The van der Waals surface area contributed by atoms with E-state index >= 15 is 0 Å². The molecule has 1 aromatic heterocycles. The van der Waals surface area contributed by atoms with Crippen LogP contribution in [0.5, 0.6) is 5.75 Å². The van der Waals surface area contributed by atoms with Crippen LogP contribution in [0, 0.1) is 0 Å². The largest absolute Gasteiger partial charge is 0.488 e. The highest BCUT2D eigenvalue weighted by Gasteiger charge is 2.10. The van der Waals surface area contributed by atoms with Gasteiger partial charge in [-0.05, 0) is 32.2 Å². The monoisotopic (exact) mass is 320 g/mol. The maximum absolute atomic E-state index is 5.92. The summed E-state index contributed by atoms with van der Waals surface area (Å²) in [5.74, 6) is 0.889. The van der Waals surface area contributed by atoms with E-state index in [2.05, 4.69) is 39.2 Å². The lowest BCUT2D eigenvalue weighted by Gasteiger charge is -2.17. The zero-order chi connectivity index (χ0) is 13.7. The minimum absolute atomic E-state index is 0.247. The van der Waals surface area contributed by atoms with Gasteiger partial charge in [-0.15, -0.1) is 0 Å². The van der Waals surface area contributed by atoms with Gasteiger partial charge in [0.05, 0.1) is 0 Å². The van der Waals surface area contributed by atoms with E-state index in [0.29, 0.717) is 6.61 Å². The molecule has 0 radical (unpaired) electrons. The van der Waals surface area contributed by atoms with Crippen molar-refractivity contribution >= 4 is 15.9 Å². The highest BCUT2D eigenvalue weighted by atomic mass is 79.9. The van der Waals surface area contributed by atoms with Crippen LogP contribution >= 0.6 is 15.9 Å². The molecular weight excluding hydrogens is 304 g/mol. The maximum atomic E-state index is 5.92. The number of nitrogens with zero attached hydrogens (tertiary/aromatic N) is 1. The summed E-state index contributed by atoms with van der Waals surface area (Å²) in [7, 11) is 1.94. The first-order valence-electron chi connectivity index (χ1n) is 6.19. The van der Waals surface area contributed by atoms with E-state index in [1.165, 1.54) is 0 Å². The number of halogens is 1. The van der Waals surface area contributed by atoms with Gasteiger partial charge in [0.2, 0.25) is 0 Å². The minimum Gasteiger partial charge on any atom is -0.488 e. The summed E-state index contributed by atoms with van der Waals surface area (Å²) >= 11 is 3.48. The van der Waals surface area contributed by atoms with E-state index in [9.17, 15) is 0 Å². The second-order valence-electron chi connectivity index (χ2n) is 4.34. The zero-order valence-electron chi connectivity index (χ0n) is 11.1. The second kappa shape index (κ2) is 6.68. The number of aromatic nitrogens is 1. The van der Waals surface area contributed by atoms with Crippen LogP contribution in [0.3, 0.4) is 0 Å². The Bertz CT molecular complexity index is 531. The van der Waals surface area contributed by atoms with E-state index in [1.54, 1.807) is 6.20 Å². The quantitative estimate of drug-likeness (QED) is 0.912. The molecule has 1 unspecified atom stereocenters. The van der Waals surface area contributed by atoms with E-state index < -0.39 is 0 Å². The lowest BCUT2D eigenvalue weighted by Crippen LogP contribution is -2.13. The molecule has 2 aromatic rings. The molecule has 0 saturated heterocycles. The standard InChI is InChI=1S/C15H17BrN2O/c1-11(17-2)14-6-5-13(16)8-15(14)19-10-12-4-3-7-18-9-12/h3-9,11,17H,10H2,1-2H3. The molecule has 0 saturated carbocycles. The Morgan fingerprint density at radius 2 is 2.21 bits per heavy atom. The predicted octanol–water partition coefficient (Wildman–Crippen LogP) is 3.70. The molecule has 0 spiro atoms. The van der Waals surface area contributed by atoms with Crippen molar-refractivity contribution in [1.29, 1.82) is 0 Å². The smallest absolute Gasteiger partial charge is 0.125 e. The third-order valence-corrected chi connectivity index (χ3v) is 3.49. The first kappa shape index (κ1) is 14.0. The average Bonchev–Trinajstić information content (AvgIpc) is 2.45. The number of nitrogens with one attached hydrogen (secondary N) is 1. The van der Waals surface area contributed by atoms with Gasteiger partial charge in [0.15, 0.2) is 0 Å². The van der Waals surface area contributed by atoms with Gasteiger partial charge in [-0.3, -0.25) is 4.98 Å². The van der Waals surface area contributed by atoms with Gasteiger partial charge in [-0.25, -0.2) is 0 Å². The average molecular weight is 321 g/mol. The van der Waals surface area contributed by atoms with E-state index in [0.717, 1.165) is 21.3 Å². The van der Waals surface area contributed by atoms with Crippen molar-refractivity contribution in [1.82, 2.24) is 10.3 Å². The third kappa shape index (κ3) is 3.78. The number of hydrogen-bond acceptors (Lipinski definition) is 3. The van der Waals surface area contributed by atoms with Gasteiger partial charge in [0.1, 0.15) is 12.4 Å². The highest BCUT2D eigenvalue weighted by Crippen LogP contribution is 2.29. The molecular formula is C15H17BrN2O. The van der Waals surface area contributed by atoms with Crippen molar-refractivity contribution in [2.75, 3.05) is 7.05 Å². The predicted molar refractivity (Wildman–Crippen MR) is 80.2 cm³/mol. The summed E-state index contributed by atoms with van der Waals surface area (Å²) in [5, 5.41) is 3.23. The normalized spacial score (nSPS) is 12.2. The lowest BCUT2D eigenvalue weighted by atomic mass is 10.1. The molecule has 1 aromatic carbocycles. The van der Waals surface area contributed by atoms with Crippen molar-refractivity contribution in [2.24, 2.45) is 0 Å². The van der Waals surface area contributed by atoms with Gasteiger partial charge in [-0.2, -0.15) is 0 Å². The van der Waals surface area contributed by atoms with Crippen LogP contribution in [0.1, 0.15) is 24.1 Å². The second-order valence-corrected chi connectivity index (χ2v) is 5.26. The van der Waals surface area contributed by atoms with Crippen LogP contribution in [-0.2, 0) is 6.61 Å². The molecule has 0 bridgehead atoms. The number of benzene rings is 1. The Kier molecular flexibility index (Phi) is 4.93. The summed E-state index contributed by atoms with van der Waals surface area (Å²) in [6.45, 7) is 2.63. The Balaban J connectivity index is 2.16. The van der Waals surface area contributed by atoms with E-state index in [-0.39, 0.29) is 6.04 Å². The van der Waals surface area contributed by atoms with Crippen LogP contribution in [-0.4, -0.2) is 12.0 Å². The number of rotatable bonds is 5. The summed E-state index contributed by atoms with van der Waals surface area (Å²) in [4.78, 5) is 4.09. The molecule has 100 valence electrons. The molecule has 1 atom stereocenters. The van der Waals surface area contributed by atoms with Crippen LogP contribution in [0.25, 0.3) is 0 Å². The molecule has 3 nitrogen and oxygen atoms in total. The fourth-order valence-corrected chi connectivity index (χ4v) is 2.13. The molecule has 4 heteroatoms. The molecule has 19 heavy (non-hydrogen) atoms. The zero-order valence-corrected chi connectivity index (χ0v) is 12.6. The Labute approximate surface area is 122 Å². The van der Waals surface area contributed by atoms with Crippen LogP contribution < -0.4 is 10.1 Å². The van der Waals surface area contributed by atoms with Gasteiger partial charge in [0.25, 0.3) is 0 Å². The van der Waals surface area contributed by atoms with Gasteiger partial charge in [0, 0.05) is 34.0 Å². The lowest BCUT2D eigenvalue weighted by molar-refractivity contribution is 0.299. The molecule has 0 amide bonds. The minimum atomic E-state index is 0.247. The molecule has 2 rings (SSSR count). The maximum Gasteiger partial charge on any atom is 0.125 e. The van der Waals surface area contributed by atoms with Crippen LogP contribution in [0.2, 0.25) is 0 Å². The van der Waals surface area contributed by atoms with Crippen LogP contribution in [0.4, 0.5) is 0 Å². The molecule has 0 aliphatic heterocycles. The van der Waals surface area contributed by atoms with Crippen molar-refractivity contribution in [2.45, 2.75) is 19.6 Å². The van der Waals surface area contributed by atoms with Gasteiger partial charge in [-0.1, -0.05) is 28.1 Å². The van der Waals surface area contributed by atoms with Gasteiger partial charge >= 0.3 is 0 Å². The number of hydrogen-bond donors (Lipinski definition) is 1. The topological polar surface area (TPSA) is 34.1 Å². The Morgan fingerprint density at radius 3 is 2.89 bits per heavy atom. The molecule has 0 aliphatic carbocycles. The van der Waals surface area contributed by atoms with E-state index in [1.807, 2.05) is 37.5 Å². The SMILES string of the molecule is CNC(C)c1ccc(Br)cc1OCc1cccnc1. The van der Waals surface area contributed by atoms with Crippen molar-refractivity contribution in [3.8, 4) is 5.75 Å². The molecule has 0 aliphatic rings. The molecule has 0 fully saturated rings. The fraction of sp³-hybridized carbons (Fsp3) is 0.267. The summed E-state index contributed by atoms with van der Waals surface area (Å²) in [5.41, 5.74) is 2.21. The van der Waals surface area contributed by atoms with Gasteiger partial charge < -0.3 is 10.1 Å². The summed E-state index contributed by atoms with van der Waals surface area (Å²) < 4.78 is 6.93. The first-order valence-corrected chi connectivity index (χ1v) is 6.98. The highest BCUT2D eigenvalue weighted by molar-refractivity contribution is 9.10. The summed E-state index contributed by atoms with van der Waals surface area (Å²) in [6.07, 6.45) is 3.58. The third-order valence-electron chi connectivity index (χ3n) is 2.99. The van der Waals surface area contributed by atoms with Crippen molar-refractivity contribution < 1.29 is 4.74 Å². The Morgan fingerprint density at radius 1 is 1.37 bits per heavy atom. The fourth-order valence-electron chi connectivity index (χ4n) is 1.79. The van der Waals surface area contributed by atoms with Crippen molar-refractivity contribution in [3.05, 3.63) is 58.3 Å². The first-order chi connectivity index (χ1) is 9.20. The van der Waals surface area contributed by atoms with E-state index in [4.69, 9.17) is 4.74 Å². The summed E-state index contributed by atoms with van der Waals surface area (Å²) in [6, 6.07) is 10.3. The number of pyridine rings is 1. The molecule has 1 N–H and O–H groups in total. The number of ether oxygens (including phenoxy) is 1. The Hall–Kier alpha value is -1.39.